The van der Waals surface area contributed by atoms with Gasteiger partial charge in [0, 0.05) is 13.1 Å². The maximum absolute atomic E-state index is 5.08. The first kappa shape index (κ1) is 26.5. The Balaban J connectivity index is 1.24. The summed E-state index contributed by atoms with van der Waals surface area (Å²) in [6, 6.07) is 1.13. The summed E-state index contributed by atoms with van der Waals surface area (Å²) in [5, 5.41) is 9.42. The van der Waals surface area contributed by atoms with Gasteiger partial charge in [0.05, 0.1) is 6.04 Å². The fourth-order valence-corrected chi connectivity index (χ4v) is 6.38. The van der Waals surface area contributed by atoms with E-state index in [0.717, 1.165) is 23.4 Å². The molecule has 6 nitrogen and oxygen atoms in total. The number of allylic oxidation sites excluding steroid dienone is 2. The Kier molecular flexibility index (Phi) is 10.8. The number of rotatable bonds is 5. The summed E-state index contributed by atoms with van der Waals surface area (Å²) in [5.74, 6) is 1.75. The van der Waals surface area contributed by atoms with E-state index < -0.39 is 0 Å². The van der Waals surface area contributed by atoms with Crippen LogP contribution in [0.4, 0.5) is 0 Å². The van der Waals surface area contributed by atoms with E-state index in [1.807, 2.05) is 24.2 Å². The minimum absolute atomic E-state index is 0.397. The van der Waals surface area contributed by atoms with Crippen LogP contribution in [-0.2, 0) is 0 Å². The first-order chi connectivity index (χ1) is 17.2. The van der Waals surface area contributed by atoms with Crippen LogP contribution in [0.5, 0.6) is 0 Å². The van der Waals surface area contributed by atoms with Gasteiger partial charge in [0.25, 0.3) is 0 Å². The number of hydrogen-bond acceptors (Lipinski definition) is 5. The van der Waals surface area contributed by atoms with Gasteiger partial charge < -0.3 is 15.0 Å². The Bertz CT molecular complexity index is 734. The molecule has 1 radical (unpaired) electrons. The molecule has 0 aromatic carbocycles. The number of likely N-dealkylation sites (N-methyl/N-ethyl adjacent to an activating group) is 1. The Hall–Kier alpha value is -1.60. The van der Waals surface area contributed by atoms with Gasteiger partial charge in [-0.25, -0.2) is 0 Å². The van der Waals surface area contributed by atoms with Crippen molar-refractivity contribution in [3.05, 3.63) is 24.4 Å². The fourth-order valence-electron chi connectivity index (χ4n) is 6.38. The van der Waals surface area contributed by atoms with Crippen molar-refractivity contribution in [2.24, 2.45) is 10.1 Å². The molecular weight excluding hydrogens is 431 g/mol. The molecule has 0 spiro atoms. The van der Waals surface area contributed by atoms with Gasteiger partial charge in [-0.1, -0.05) is 63.4 Å². The number of hydrazone groups is 1. The molecule has 2 aliphatic heterocycles. The van der Waals surface area contributed by atoms with Crippen LogP contribution < -0.4 is 5.32 Å². The van der Waals surface area contributed by atoms with Crippen LogP contribution in [0.1, 0.15) is 89.9 Å². The number of hydrogen-bond donors (Lipinski definition) is 1. The minimum Gasteiger partial charge on any atom is -0.346 e. The predicted octanol–water partition coefficient (Wildman–Crippen LogP) is 5.18. The molecular formula is C28H48BN6. The highest BCUT2D eigenvalue weighted by molar-refractivity contribution is 6.34. The van der Waals surface area contributed by atoms with E-state index in [9.17, 15) is 0 Å². The summed E-state index contributed by atoms with van der Waals surface area (Å²) < 4.78 is 0. The summed E-state index contributed by atoms with van der Waals surface area (Å²) in [4.78, 5) is 10.6. The number of aliphatic imine (C=N–C) groups is 1. The molecule has 7 heteroatoms. The molecule has 4 rings (SSSR count). The lowest BCUT2D eigenvalue weighted by Gasteiger charge is -2.36. The van der Waals surface area contributed by atoms with Crippen LogP contribution in [-0.4, -0.2) is 79.6 Å². The zero-order chi connectivity index (χ0) is 24.3. The fraction of sp³-hybridized carbons (Fsp3) is 0.786. The summed E-state index contributed by atoms with van der Waals surface area (Å²) in [6.07, 6.45) is 24.4. The SMILES string of the molecule is C=C/C=C1/C(=NC2CCC(N3CCCCN([B]C4CCCCCCC4)CCC3)CC2)NC=NN1C. The Morgan fingerprint density at radius 1 is 0.914 bits per heavy atom. The summed E-state index contributed by atoms with van der Waals surface area (Å²) >= 11 is 0. The zero-order valence-electron chi connectivity index (χ0n) is 22.2. The third kappa shape index (κ3) is 8.21. The Morgan fingerprint density at radius 3 is 2.37 bits per heavy atom. The van der Waals surface area contributed by atoms with Crippen LogP contribution >= 0.6 is 0 Å². The first-order valence-electron chi connectivity index (χ1n) is 14.5. The molecule has 1 N–H and O–H groups in total. The predicted molar refractivity (Wildman–Crippen MR) is 150 cm³/mol. The van der Waals surface area contributed by atoms with Crippen molar-refractivity contribution in [3.63, 3.8) is 0 Å². The van der Waals surface area contributed by atoms with E-state index in [1.165, 1.54) is 116 Å². The number of nitrogens with zero attached hydrogens (tertiary/aromatic N) is 5. The summed E-state index contributed by atoms with van der Waals surface area (Å²) in [7, 11) is 4.61. The summed E-state index contributed by atoms with van der Waals surface area (Å²) in [6.45, 7) is 8.89. The molecule has 0 atom stereocenters. The maximum atomic E-state index is 5.08. The first-order valence-corrected chi connectivity index (χ1v) is 14.5. The lowest BCUT2D eigenvalue weighted by atomic mass is 9.67. The topological polar surface area (TPSA) is 46.5 Å². The highest BCUT2D eigenvalue weighted by atomic mass is 15.5. The van der Waals surface area contributed by atoms with Crippen LogP contribution in [0.15, 0.2) is 34.5 Å². The van der Waals surface area contributed by atoms with Gasteiger partial charge in [-0.15, -0.1) is 0 Å². The molecule has 0 amide bonds. The van der Waals surface area contributed by atoms with Crippen molar-refractivity contribution >= 4 is 19.6 Å². The van der Waals surface area contributed by atoms with Crippen LogP contribution in [0, 0.1) is 0 Å². The maximum Gasteiger partial charge on any atom is 0.211 e. The molecule has 0 aromatic heterocycles. The molecule has 0 unspecified atom stereocenters. The van der Waals surface area contributed by atoms with Crippen LogP contribution in [0.2, 0.25) is 5.82 Å². The normalized spacial score (nSPS) is 31.2. The molecule has 0 bridgehead atoms. The largest absolute Gasteiger partial charge is 0.346 e. The van der Waals surface area contributed by atoms with Gasteiger partial charge in [-0.2, -0.15) is 5.10 Å². The highest BCUT2D eigenvalue weighted by Crippen LogP contribution is 2.29. The van der Waals surface area contributed by atoms with E-state index in [-0.39, 0.29) is 0 Å². The third-order valence-corrected chi connectivity index (χ3v) is 8.40. The molecule has 35 heavy (non-hydrogen) atoms. The van der Waals surface area contributed by atoms with E-state index in [0.29, 0.717) is 6.04 Å². The number of amidine groups is 1. The van der Waals surface area contributed by atoms with Gasteiger partial charge >= 0.3 is 0 Å². The van der Waals surface area contributed by atoms with Gasteiger partial charge in [0.2, 0.25) is 7.41 Å². The second-order valence-corrected chi connectivity index (χ2v) is 11.0. The van der Waals surface area contributed by atoms with Crippen molar-refractivity contribution in [2.75, 3.05) is 33.2 Å². The van der Waals surface area contributed by atoms with Crippen molar-refractivity contribution in [2.45, 2.75) is 108 Å². The second kappa shape index (κ2) is 14.2. The molecule has 3 fully saturated rings. The monoisotopic (exact) mass is 479 g/mol. The lowest BCUT2D eigenvalue weighted by molar-refractivity contribution is 0.148. The minimum atomic E-state index is 0.397. The quantitative estimate of drug-likeness (QED) is 0.552. The molecule has 1 saturated heterocycles. The number of nitrogens with one attached hydrogen (secondary N) is 1. The average molecular weight is 480 g/mol. The van der Waals surface area contributed by atoms with Gasteiger partial charge in [-0.3, -0.25) is 10.0 Å². The van der Waals surface area contributed by atoms with Crippen molar-refractivity contribution in [1.29, 1.82) is 0 Å². The zero-order valence-corrected chi connectivity index (χ0v) is 22.2. The lowest BCUT2D eigenvalue weighted by Crippen LogP contribution is -2.41. The van der Waals surface area contributed by atoms with E-state index >= 15 is 0 Å². The Labute approximate surface area is 215 Å². The molecule has 0 aromatic rings. The van der Waals surface area contributed by atoms with Crippen LogP contribution in [0.3, 0.4) is 0 Å². The van der Waals surface area contributed by atoms with Crippen molar-refractivity contribution in [3.8, 4) is 0 Å². The van der Waals surface area contributed by atoms with Crippen molar-refractivity contribution < 1.29 is 0 Å². The van der Waals surface area contributed by atoms with E-state index in [4.69, 9.17) is 4.99 Å². The highest BCUT2D eigenvalue weighted by Gasteiger charge is 2.27. The molecule has 2 aliphatic carbocycles. The van der Waals surface area contributed by atoms with Gasteiger partial charge in [0.1, 0.15) is 12.0 Å². The third-order valence-electron chi connectivity index (χ3n) is 8.40. The van der Waals surface area contributed by atoms with E-state index in [2.05, 4.69) is 34.1 Å². The molecule has 2 heterocycles. The Morgan fingerprint density at radius 2 is 1.60 bits per heavy atom. The standard InChI is InChI=1S/C28H48BN6/c1-3-12-27-28(30-23-31-33(27)2)32-25-15-17-26(18-16-25)34-19-9-10-21-35(22-11-20-34)29-24-13-7-5-4-6-8-14-24/h3,12,23-26H,1,4-11,13-22H2,2H3,(H,30,31,32)/b27-12-. The molecule has 2 saturated carbocycles. The van der Waals surface area contributed by atoms with Gasteiger partial charge in [-0.05, 0) is 77.2 Å². The molecule has 4 aliphatic rings. The van der Waals surface area contributed by atoms with E-state index in [1.54, 1.807) is 6.34 Å². The second-order valence-electron chi connectivity index (χ2n) is 11.0. The van der Waals surface area contributed by atoms with Crippen LogP contribution in [0.25, 0.3) is 0 Å². The average Bonchev–Trinajstić information content (AvgIpc) is 2.96. The van der Waals surface area contributed by atoms with Crippen molar-refractivity contribution in [1.82, 2.24) is 20.0 Å². The van der Waals surface area contributed by atoms with Gasteiger partial charge in [0.15, 0.2) is 5.84 Å². The molecule has 193 valence electrons. The summed E-state index contributed by atoms with van der Waals surface area (Å²) in [5.41, 5.74) is 0.991. The smallest absolute Gasteiger partial charge is 0.211 e.